The van der Waals surface area contributed by atoms with Gasteiger partial charge < -0.3 is 25.0 Å². The number of aliphatic imine (C=N–C) groups is 1. The van der Waals surface area contributed by atoms with Gasteiger partial charge in [-0.05, 0) is 110 Å². The summed E-state index contributed by atoms with van der Waals surface area (Å²) in [6.45, 7) is 18.5. The first-order chi connectivity index (χ1) is 23.1. The average Bonchev–Trinajstić information content (AvgIpc) is 3.68. The predicted molar refractivity (Wildman–Crippen MR) is 191 cm³/mol. The second-order valence-corrected chi connectivity index (χ2v) is 15.1. The lowest BCUT2D eigenvalue weighted by atomic mass is 9.97. The maximum absolute atomic E-state index is 13.3. The molecule has 4 heterocycles. The molecule has 0 bridgehead atoms. The Hall–Kier alpha value is -2.28. The summed E-state index contributed by atoms with van der Waals surface area (Å²) in [6, 6.07) is 7.79. The number of carbonyl (C=O) groups excluding carboxylic acids is 2. The minimum absolute atomic E-state index is 0.118. The van der Waals surface area contributed by atoms with Crippen molar-refractivity contribution >= 4 is 29.4 Å². The Morgan fingerprint density at radius 2 is 1.71 bits per heavy atom. The highest BCUT2D eigenvalue weighted by atomic mass is 35.5. The van der Waals surface area contributed by atoms with Crippen molar-refractivity contribution in [3.63, 3.8) is 0 Å². The van der Waals surface area contributed by atoms with Crippen LogP contribution in [0.3, 0.4) is 0 Å². The lowest BCUT2D eigenvalue weighted by Gasteiger charge is -2.36. The molecule has 1 aromatic carbocycles. The van der Waals surface area contributed by atoms with E-state index < -0.39 is 5.60 Å². The van der Waals surface area contributed by atoms with Gasteiger partial charge in [-0.2, -0.15) is 0 Å². The van der Waals surface area contributed by atoms with Gasteiger partial charge in [0.1, 0.15) is 17.0 Å². The molecule has 0 aromatic heterocycles. The summed E-state index contributed by atoms with van der Waals surface area (Å²) in [5.41, 5.74) is 0.145. The molecule has 12 heteroatoms. The average molecular weight is 688 g/mol. The fourth-order valence-corrected chi connectivity index (χ4v) is 7.27. The molecular formula is C36H58ClN7O4. The van der Waals surface area contributed by atoms with E-state index in [1.165, 1.54) is 0 Å². The molecule has 4 fully saturated rings. The van der Waals surface area contributed by atoms with Crippen LogP contribution in [0.5, 0.6) is 0 Å². The van der Waals surface area contributed by atoms with Gasteiger partial charge in [-0.15, -0.1) is 0 Å². The molecule has 2 N–H and O–H groups in total. The maximum atomic E-state index is 13.3. The Balaban J connectivity index is 1.13. The van der Waals surface area contributed by atoms with Gasteiger partial charge in [-0.1, -0.05) is 30.7 Å². The predicted octanol–water partition coefficient (Wildman–Crippen LogP) is 4.17. The zero-order valence-electron chi connectivity index (χ0n) is 29.6. The van der Waals surface area contributed by atoms with E-state index in [9.17, 15) is 9.59 Å². The molecule has 1 aromatic rings. The summed E-state index contributed by atoms with van der Waals surface area (Å²) in [7, 11) is 0. The van der Waals surface area contributed by atoms with Crippen LogP contribution in [0.15, 0.2) is 29.3 Å². The van der Waals surface area contributed by atoms with Gasteiger partial charge in [0.25, 0.3) is 0 Å². The molecule has 0 unspecified atom stereocenters. The Morgan fingerprint density at radius 1 is 1.04 bits per heavy atom. The zero-order valence-corrected chi connectivity index (χ0v) is 30.4. The SMILES string of the molecule is CCN(CCCOC1CCNCC1)CC(=O)N1CCN(CC[C@H](N=C2N(C(=O)OC(C)(C)C)C23CCNCC3)c2ccc(Cl)cc2)CC1. The van der Waals surface area contributed by atoms with Crippen LogP contribution in [0.25, 0.3) is 0 Å². The molecule has 0 radical (unpaired) electrons. The number of piperazine rings is 1. The van der Waals surface area contributed by atoms with Crippen LogP contribution < -0.4 is 10.6 Å². The number of nitrogens with zero attached hydrogens (tertiary/aromatic N) is 5. The summed E-state index contributed by atoms with van der Waals surface area (Å²) in [5.74, 6) is 1.05. The number of hydrogen-bond acceptors (Lipinski definition) is 9. The van der Waals surface area contributed by atoms with Crippen molar-refractivity contribution in [3.05, 3.63) is 34.9 Å². The lowest BCUT2D eigenvalue weighted by molar-refractivity contribution is -0.134. The number of hydrogen-bond donors (Lipinski definition) is 2. The molecule has 4 aliphatic heterocycles. The Morgan fingerprint density at radius 3 is 2.35 bits per heavy atom. The number of amides is 2. The molecule has 48 heavy (non-hydrogen) atoms. The van der Waals surface area contributed by atoms with Gasteiger partial charge >= 0.3 is 6.09 Å². The second kappa shape index (κ2) is 17.1. The number of ether oxygens (including phenoxy) is 2. The Labute approximate surface area is 292 Å². The first-order valence-corrected chi connectivity index (χ1v) is 18.6. The maximum Gasteiger partial charge on any atom is 0.416 e. The smallest absolute Gasteiger partial charge is 0.416 e. The van der Waals surface area contributed by atoms with Crippen molar-refractivity contribution in [2.24, 2.45) is 4.99 Å². The molecule has 2 amide bonds. The summed E-state index contributed by atoms with van der Waals surface area (Å²) < 4.78 is 11.9. The monoisotopic (exact) mass is 687 g/mol. The van der Waals surface area contributed by atoms with Crippen molar-refractivity contribution in [2.45, 2.75) is 89.5 Å². The van der Waals surface area contributed by atoms with Crippen molar-refractivity contribution in [2.75, 3.05) is 85.1 Å². The van der Waals surface area contributed by atoms with Crippen LogP contribution in [-0.4, -0.2) is 140 Å². The zero-order chi connectivity index (χ0) is 34.1. The molecular weight excluding hydrogens is 630 g/mol. The molecule has 0 saturated carbocycles. The fourth-order valence-electron chi connectivity index (χ4n) is 7.14. The van der Waals surface area contributed by atoms with E-state index in [1.807, 2.05) is 49.9 Å². The number of carbonyl (C=O) groups is 2. The summed E-state index contributed by atoms with van der Waals surface area (Å²) in [5, 5.41) is 7.49. The highest BCUT2D eigenvalue weighted by Gasteiger charge is 2.64. The van der Waals surface area contributed by atoms with Crippen LogP contribution in [0.1, 0.15) is 77.8 Å². The van der Waals surface area contributed by atoms with E-state index in [-0.39, 0.29) is 23.6 Å². The van der Waals surface area contributed by atoms with Gasteiger partial charge in [0.15, 0.2) is 0 Å². The molecule has 5 rings (SSSR count). The topological polar surface area (TPSA) is 102 Å². The number of piperidine rings is 2. The molecule has 0 aliphatic carbocycles. The van der Waals surface area contributed by atoms with Gasteiger partial charge in [0, 0.05) is 50.9 Å². The van der Waals surface area contributed by atoms with Gasteiger partial charge in [-0.3, -0.25) is 19.6 Å². The first-order valence-electron chi connectivity index (χ1n) is 18.2. The molecule has 1 atom stereocenters. The van der Waals surface area contributed by atoms with Crippen LogP contribution >= 0.6 is 11.6 Å². The molecule has 4 aliphatic rings. The van der Waals surface area contributed by atoms with Crippen LogP contribution in [0.4, 0.5) is 4.79 Å². The van der Waals surface area contributed by atoms with Crippen LogP contribution in [0, 0.1) is 0 Å². The quantitative estimate of drug-likeness (QED) is 0.236. The van der Waals surface area contributed by atoms with Crippen LogP contribution in [-0.2, 0) is 14.3 Å². The largest absolute Gasteiger partial charge is 0.443 e. The van der Waals surface area contributed by atoms with E-state index in [4.69, 9.17) is 26.1 Å². The minimum atomic E-state index is -0.575. The number of rotatable bonds is 13. The normalized spacial score (nSPS) is 22.0. The van der Waals surface area contributed by atoms with Crippen molar-refractivity contribution in [1.82, 2.24) is 30.2 Å². The van der Waals surface area contributed by atoms with Crippen molar-refractivity contribution in [1.29, 1.82) is 0 Å². The van der Waals surface area contributed by atoms with Gasteiger partial charge in [-0.25, -0.2) is 9.69 Å². The van der Waals surface area contributed by atoms with E-state index in [2.05, 4.69) is 27.4 Å². The summed E-state index contributed by atoms with van der Waals surface area (Å²) in [6.07, 6.45) is 5.65. The third-order valence-electron chi connectivity index (χ3n) is 10.1. The van der Waals surface area contributed by atoms with Gasteiger partial charge in [0.05, 0.1) is 18.7 Å². The Bertz CT molecular complexity index is 1220. The van der Waals surface area contributed by atoms with Crippen LogP contribution in [0.2, 0.25) is 5.02 Å². The van der Waals surface area contributed by atoms with Crippen molar-refractivity contribution in [3.8, 4) is 0 Å². The minimum Gasteiger partial charge on any atom is -0.443 e. The van der Waals surface area contributed by atoms with E-state index in [0.717, 1.165) is 129 Å². The third kappa shape index (κ3) is 10.1. The number of halogens is 1. The molecule has 1 spiro atoms. The van der Waals surface area contributed by atoms with E-state index in [0.29, 0.717) is 17.7 Å². The fraction of sp³-hybridized carbons (Fsp3) is 0.750. The molecule has 11 nitrogen and oxygen atoms in total. The molecule has 4 saturated heterocycles. The summed E-state index contributed by atoms with van der Waals surface area (Å²) >= 11 is 6.25. The highest BCUT2D eigenvalue weighted by Crippen LogP contribution is 2.46. The lowest BCUT2D eigenvalue weighted by Crippen LogP contribution is -2.51. The van der Waals surface area contributed by atoms with Gasteiger partial charge in [0.2, 0.25) is 5.91 Å². The second-order valence-electron chi connectivity index (χ2n) is 14.7. The standard InChI is InChI=1S/C36H58ClN7O4/c1-5-41(20-6-26-47-30-11-16-38-17-12-30)27-32(45)43-24-22-42(23-25-43)21-13-31(28-7-9-29(37)10-8-28)40-33-36(14-18-39-19-15-36)44(33)34(46)48-35(2,3)4/h7-10,30-31,38-39H,5-6,11-27H2,1-4H3/t31-,44?/m0/s1. The number of amidine groups is 1. The third-order valence-corrected chi connectivity index (χ3v) is 10.3. The first kappa shape index (κ1) is 37.0. The highest BCUT2D eigenvalue weighted by molar-refractivity contribution is 6.30. The Kier molecular flexibility index (Phi) is 13.2. The number of likely N-dealkylation sites (N-methyl/N-ethyl adjacent to an activating group) is 1. The number of benzene rings is 1. The van der Waals surface area contributed by atoms with Crippen molar-refractivity contribution < 1.29 is 19.1 Å². The molecule has 268 valence electrons. The summed E-state index contributed by atoms with van der Waals surface area (Å²) in [4.78, 5) is 40.3. The number of nitrogens with one attached hydrogen (secondary N) is 2. The van der Waals surface area contributed by atoms with E-state index >= 15 is 0 Å². The van der Waals surface area contributed by atoms with E-state index in [1.54, 1.807) is 4.90 Å².